The van der Waals surface area contributed by atoms with Gasteiger partial charge in [0.25, 0.3) is 0 Å². The van der Waals surface area contributed by atoms with Crippen LogP contribution >= 0.6 is 34.7 Å². The molecule has 0 saturated carbocycles. The lowest BCUT2D eigenvalue weighted by atomic mass is 9.94. The Bertz CT molecular complexity index is 1070. The number of aromatic nitrogens is 2. The average molecular weight is 435 g/mol. The number of carbonyl (C=O) groups is 1. The number of hydrogen-bond donors (Lipinski definition) is 2. The molecule has 3 N–H and O–H groups in total. The molecule has 1 aliphatic rings. The van der Waals surface area contributed by atoms with Gasteiger partial charge in [-0.2, -0.15) is 0 Å². The van der Waals surface area contributed by atoms with E-state index in [0.29, 0.717) is 28.3 Å². The van der Waals surface area contributed by atoms with Crippen molar-refractivity contribution in [2.24, 2.45) is 0 Å². The van der Waals surface area contributed by atoms with E-state index in [0.717, 1.165) is 21.5 Å². The van der Waals surface area contributed by atoms with Gasteiger partial charge in [-0.3, -0.25) is 4.79 Å². The van der Waals surface area contributed by atoms with Crippen LogP contribution in [0.25, 0.3) is 10.2 Å². The van der Waals surface area contributed by atoms with Crippen molar-refractivity contribution in [1.29, 1.82) is 0 Å². The first-order chi connectivity index (χ1) is 13.3. The first-order valence-electron chi connectivity index (χ1n) is 8.71. The number of nitrogen functional groups attached to an aromatic ring is 1. The third-order valence-corrected chi connectivity index (χ3v) is 6.56. The highest BCUT2D eigenvalue weighted by Gasteiger charge is 2.30. The molecule has 0 spiro atoms. The van der Waals surface area contributed by atoms with Gasteiger partial charge < -0.3 is 15.8 Å². The molecule has 0 saturated heterocycles. The summed E-state index contributed by atoms with van der Waals surface area (Å²) in [6.07, 6.45) is 0.782. The normalized spacial score (nSPS) is 15.4. The molecule has 2 aromatic heterocycles. The van der Waals surface area contributed by atoms with E-state index >= 15 is 0 Å². The molecule has 1 aromatic carbocycles. The van der Waals surface area contributed by atoms with Crippen LogP contribution in [0.2, 0.25) is 5.02 Å². The number of fused-ring (bicyclic) bond motifs is 3. The molecule has 1 amide bonds. The number of halogens is 1. The second-order valence-electron chi connectivity index (χ2n) is 7.15. The number of hydrogen-bond acceptors (Lipinski definition) is 7. The number of amides is 1. The summed E-state index contributed by atoms with van der Waals surface area (Å²) < 4.78 is 5.89. The second kappa shape index (κ2) is 7.51. The molecule has 0 unspecified atom stereocenters. The molecular formula is C19H19ClN4O2S2. The van der Waals surface area contributed by atoms with E-state index in [4.69, 9.17) is 22.1 Å². The van der Waals surface area contributed by atoms with Gasteiger partial charge in [-0.05, 0) is 37.6 Å². The van der Waals surface area contributed by atoms with Crippen molar-refractivity contribution in [2.45, 2.75) is 37.6 Å². The van der Waals surface area contributed by atoms with Gasteiger partial charge >= 0.3 is 0 Å². The van der Waals surface area contributed by atoms with Crippen molar-refractivity contribution >= 4 is 62.3 Å². The van der Waals surface area contributed by atoms with Crippen LogP contribution in [-0.2, 0) is 22.6 Å². The lowest BCUT2D eigenvalue weighted by Crippen LogP contribution is -2.31. The summed E-state index contributed by atoms with van der Waals surface area (Å²) in [5.74, 6) is 0.478. The molecule has 9 heteroatoms. The van der Waals surface area contributed by atoms with Gasteiger partial charge in [0.05, 0.1) is 23.3 Å². The molecule has 146 valence electrons. The Morgan fingerprint density at radius 1 is 1.43 bits per heavy atom. The van der Waals surface area contributed by atoms with Gasteiger partial charge in [0.15, 0.2) is 5.16 Å². The van der Waals surface area contributed by atoms with Crippen LogP contribution in [0.3, 0.4) is 0 Å². The zero-order valence-electron chi connectivity index (χ0n) is 15.4. The van der Waals surface area contributed by atoms with Crippen molar-refractivity contribution in [3.05, 3.63) is 39.7 Å². The van der Waals surface area contributed by atoms with Gasteiger partial charge in [-0.1, -0.05) is 29.4 Å². The monoisotopic (exact) mass is 434 g/mol. The Hall–Kier alpha value is -1.87. The maximum absolute atomic E-state index is 12.2. The number of nitrogens with two attached hydrogens (primary N) is 1. The van der Waals surface area contributed by atoms with Crippen molar-refractivity contribution in [3.63, 3.8) is 0 Å². The van der Waals surface area contributed by atoms with Gasteiger partial charge in [0.2, 0.25) is 5.91 Å². The Balaban J connectivity index is 1.50. The summed E-state index contributed by atoms with van der Waals surface area (Å²) in [5, 5.41) is 4.79. The Morgan fingerprint density at radius 3 is 3.04 bits per heavy atom. The zero-order valence-corrected chi connectivity index (χ0v) is 17.8. The first kappa shape index (κ1) is 19.4. The van der Waals surface area contributed by atoms with Crippen LogP contribution < -0.4 is 11.1 Å². The number of nitrogens with one attached hydrogen (secondary N) is 1. The Morgan fingerprint density at radius 2 is 2.25 bits per heavy atom. The average Bonchev–Trinajstić information content (AvgIpc) is 2.97. The molecule has 28 heavy (non-hydrogen) atoms. The highest BCUT2D eigenvalue weighted by molar-refractivity contribution is 7.99. The molecule has 0 aliphatic carbocycles. The number of thiophene rings is 1. The smallest absolute Gasteiger partial charge is 0.234 e. The molecule has 0 fully saturated rings. The maximum Gasteiger partial charge on any atom is 0.234 e. The Labute approximate surface area is 175 Å². The van der Waals surface area contributed by atoms with E-state index in [1.807, 2.05) is 0 Å². The van der Waals surface area contributed by atoms with Crippen molar-refractivity contribution in [2.75, 3.05) is 16.8 Å². The predicted molar refractivity (Wildman–Crippen MR) is 115 cm³/mol. The van der Waals surface area contributed by atoms with Crippen LogP contribution in [0.1, 0.15) is 24.3 Å². The highest BCUT2D eigenvalue weighted by atomic mass is 35.5. The number of carbonyl (C=O) groups excluding carboxylic acids is 1. The third kappa shape index (κ3) is 4.10. The van der Waals surface area contributed by atoms with Crippen LogP contribution in [-0.4, -0.2) is 27.2 Å². The number of ether oxygens (including phenoxy) is 1. The number of nitrogens with zero attached hydrogens (tertiary/aromatic N) is 2. The van der Waals surface area contributed by atoms with Gasteiger partial charge in [0, 0.05) is 22.0 Å². The van der Waals surface area contributed by atoms with Gasteiger partial charge in [0.1, 0.15) is 10.6 Å². The lowest BCUT2D eigenvalue weighted by molar-refractivity contribution is -0.113. The molecule has 0 bridgehead atoms. The van der Waals surface area contributed by atoms with Crippen LogP contribution in [0.15, 0.2) is 29.4 Å². The minimum absolute atomic E-state index is 0.157. The van der Waals surface area contributed by atoms with Crippen LogP contribution in [0.4, 0.5) is 11.5 Å². The molecule has 3 heterocycles. The summed E-state index contributed by atoms with van der Waals surface area (Å²) in [6.45, 7) is 4.70. The fraction of sp³-hybridized carbons (Fsp3) is 0.316. The second-order valence-corrected chi connectivity index (χ2v) is 9.61. The summed E-state index contributed by atoms with van der Waals surface area (Å²) in [5.41, 5.74) is 7.86. The van der Waals surface area contributed by atoms with E-state index in [2.05, 4.69) is 29.1 Å². The Kier molecular flexibility index (Phi) is 5.22. The molecular weight excluding hydrogens is 416 g/mol. The largest absolute Gasteiger partial charge is 0.383 e. The number of thioether (sulfide) groups is 1. The van der Waals surface area contributed by atoms with E-state index in [-0.39, 0.29) is 17.3 Å². The summed E-state index contributed by atoms with van der Waals surface area (Å²) in [6, 6.07) is 7.02. The third-order valence-electron chi connectivity index (χ3n) is 4.38. The van der Waals surface area contributed by atoms with Gasteiger partial charge in [-0.25, -0.2) is 9.97 Å². The highest BCUT2D eigenvalue weighted by Crippen LogP contribution is 2.40. The van der Waals surface area contributed by atoms with Crippen molar-refractivity contribution in [3.8, 4) is 0 Å². The van der Waals surface area contributed by atoms with Crippen LogP contribution in [0, 0.1) is 0 Å². The van der Waals surface area contributed by atoms with Crippen molar-refractivity contribution in [1.82, 2.24) is 9.97 Å². The molecule has 3 aromatic rings. The molecule has 6 nitrogen and oxygen atoms in total. The topological polar surface area (TPSA) is 90.1 Å². The molecule has 4 rings (SSSR count). The predicted octanol–water partition coefficient (Wildman–Crippen LogP) is 4.51. The van der Waals surface area contributed by atoms with Crippen molar-refractivity contribution < 1.29 is 9.53 Å². The quantitative estimate of drug-likeness (QED) is 0.463. The number of rotatable bonds is 4. The molecule has 0 radical (unpaired) electrons. The fourth-order valence-electron chi connectivity index (χ4n) is 3.11. The molecule has 1 aliphatic heterocycles. The molecule has 0 atom stereocenters. The van der Waals surface area contributed by atoms with Gasteiger partial charge in [-0.15, -0.1) is 11.3 Å². The lowest BCUT2D eigenvalue weighted by Gasteiger charge is -2.30. The van der Waals surface area contributed by atoms with E-state index in [1.165, 1.54) is 17.3 Å². The maximum atomic E-state index is 12.2. The first-order valence-corrected chi connectivity index (χ1v) is 10.9. The van der Waals surface area contributed by atoms with E-state index < -0.39 is 0 Å². The minimum atomic E-state index is -0.223. The minimum Gasteiger partial charge on any atom is -0.383 e. The van der Waals surface area contributed by atoms with E-state index in [9.17, 15) is 4.79 Å². The number of anilines is 2. The number of benzene rings is 1. The fourth-order valence-corrected chi connectivity index (χ4v) is 5.12. The standard InChI is InChI=1S/C19H19ClN4O2S2/c1-19(2)7-12-13(8-26-19)28-17-15(12)16(21)23-18(24-17)27-9-14(25)22-11-5-3-4-10(20)6-11/h3-6H,7-9H2,1-2H3,(H,22,25)(H2,21,23,24). The van der Waals surface area contributed by atoms with Crippen LogP contribution in [0.5, 0.6) is 0 Å². The summed E-state index contributed by atoms with van der Waals surface area (Å²) in [4.78, 5) is 23.2. The van der Waals surface area contributed by atoms with E-state index in [1.54, 1.807) is 35.6 Å². The zero-order chi connectivity index (χ0) is 19.9. The SMILES string of the molecule is CC1(C)Cc2c(sc3nc(SCC(=O)Nc4cccc(Cl)c4)nc(N)c23)CO1. The summed E-state index contributed by atoms with van der Waals surface area (Å²) >= 11 is 8.77. The summed E-state index contributed by atoms with van der Waals surface area (Å²) in [7, 11) is 0.